The van der Waals surface area contributed by atoms with Crippen LogP contribution in [0.4, 0.5) is 0 Å². The minimum absolute atomic E-state index is 0.282. The van der Waals surface area contributed by atoms with E-state index in [1.54, 1.807) is 7.11 Å². The first-order chi connectivity index (χ1) is 17.3. The molecule has 0 N–H and O–H groups in total. The van der Waals surface area contributed by atoms with E-state index in [0.717, 1.165) is 29.1 Å². The van der Waals surface area contributed by atoms with Crippen LogP contribution in [0.1, 0.15) is 28.3 Å². The van der Waals surface area contributed by atoms with Gasteiger partial charge in [0, 0.05) is 23.6 Å². The molecule has 0 saturated heterocycles. The molecule has 4 aromatic carbocycles. The highest BCUT2D eigenvalue weighted by molar-refractivity contribution is 5.85. The Morgan fingerprint density at radius 1 is 0.743 bits per heavy atom. The molecule has 35 heavy (non-hydrogen) atoms. The monoisotopic (exact) mass is 454 g/mol. The van der Waals surface area contributed by atoms with Gasteiger partial charge in [0.05, 0.1) is 18.5 Å². The summed E-state index contributed by atoms with van der Waals surface area (Å²) in [6, 6.07) is 40.2. The third-order valence-electron chi connectivity index (χ3n) is 6.70. The van der Waals surface area contributed by atoms with Crippen LogP contribution in [0.5, 0.6) is 5.75 Å². The Hall–Kier alpha value is -4.37. The molecule has 1 aliphatic rings. The van der Waals surface area contributed by atoms with Crippen molar-refractivity contribution in [1.82, 2.24) is 9.78 Å². The average Bonchev–Trinajstić information content (AvgIpc) is 3.52. The second-order valence-electron chi connectivity index (χ2n) is 8.84. The van der Waals surface area contributed by atoms with E-state index in [4.69, 9.17) is 9.84 Å². The smallest absolute Gasteiger partial charge is 0.118 e. The van der Waals surface area contributed by atoms with E-state index >= 15 is 0 Å². The van der Waals surface area contributed by atoms with Crippen LogP contribution in [0, 0.1) is 0 Å². The van der Waals surface area contributed by atoms with E-state index in [2.05, 4.69) is 108 Å². The Kier molecular flexibility index (Phi) is 5.51. The maximum Gasteiger partial charge on any atom is 0.118 e. The van der Waals surface area contributed by atoms with Crippen LogP contribution >= 0.6 is 0 Å². The summed E-state index contributed by atoms with van der Waals surface area (Å²) in [5, 5.41) is 5.04. The highest BCUT2D eigenvalue weighted by Gasteiger charge is 2.26. The van der Waals surface area contributed by atoms with Gasteiger partial charge in [-0.25, -0.2) is 4.68 Å². The average molecular weight is 455 g/mol. The topological polar surface area (TPSA) is 27.1 Å². The van der Waals surface area contributed by atoms with Gasteiger partial charge < -0.3 is 4.74 Å². The molecule has 6 rings (SSSR count). The molecular weight excluding hydrogens is 428 g/mol. The first-order valence-corrected chi connectivity index (χ1v) is 12.0. The van der Waals surface area contributed by atoms with Crippen molar-refractivity contribution in [1.29, 1.82) is 0 Å². The molecule has 5 aromatic rings. The summed E-state index contributed by atoms with van der Waals surface area (Å²) in [4.78, 5) is 0. The predicted octanol–water partition coefficient (Wildman–Crippen LogP) is 7.32. The number of nitrogens with zero attached hydrogens (tertiary/aromatic N) is 2. The molecule has 1 aromatic heterocycles. The number of fused-ring (bicyclic) bond motifs is 1. The van der Waals surface area contributed by atoms with Crippen LogP contribution in [0.3, 0.4) is 0 Å². The molecule has 1 unspecified atom stereocenters. The van der Waals surface area contributed by atoms with Crippen LogP contribution in [-0.4, -0.2) is 16.9 Å². The number of allylic oxidation sites excluding steroid dienone is 1. The van der Waals surface area contributed by atoms with Gasteiger partial charge >= 0.3 is 0 Å². The molecule has 0 fully saturated rings. The predicted molar refractivity (Wildman–Crippen MR) is 142 cm³/mol. The number of ether oxygens (including phenoxy) is 1. The minimum atomic E-state index is 0.282. The Labute approximate surface area is 206 Å². The molecule has 1 heterocycles. The zero-order valence-electron chi connectivity index (χ0n) is 19.6. The SMILES string of the molecule is COc1ccc(-c2cc(CC3C=C(c4ccccc4)c4ccccc43)n(-c3ccccc3)n2)cc1. The molecule has 3 heteroatoms. The molecule has 0 amide bonds. The van der Waals surface area contributed by atoms with Gasteiger partial charge in [0.2, 0.25) is 0 Å². The molecule has 1 aliphatic carbocycles. The quantitative estimate of drug-likeness (QED) is 0.269. The Balaban J connectivity index is 1.42. The molecule has 0 radical (unpaired) electrons. The van der Waals surface area contributed by atoms with Gasteiger partial charge in [0.1, 0.15) is 5.75 Å². The number of hydrogen-bond donors (Lipinski definition) is 0. The van der Waals surface area contributed by atoms with E-state index in [0.29, 0.717) is 0 Å². The Morgan fingerprint density at radius 2 is 1.43 bits per heavy atom. The third kappa shape index (κ3) is 4.06. The van der Waals surface area contributed by atoms with Crippen LogP contribution in [0.25, 0.3) is 22.5 Å². The van der Waals surface area contributed by atoms with E-state index in [-0.39, 0.29) is 5.92 Å². The number of hydrogen-bond acceptors (Lipinski definition) is 2. The van der Waals surface area contributed by atoms with E-state index < -0.39 is 0 Å². The summed E-state index contributed by atoms with van der Waals surface area (Å²) >= 11 is 0. The molecule has 0 aliphatic heterocycles. The summed E-state index contributed by atoms with van der Waals surface area (Å²) in [7, 11) is 1.69. The Morgan fingerprint density at radius 3 is 2.17 bits per heavy atom. The van der Waals surface area contributed by atoms with Gasteiger partial charge in [-0.15, -0.1) is 0 Å². The van der Waals surface area contributed by atoms with E-state index in [1.165, 1.54) is 28.0 Å². The maximum absolute atomic E-state index is 5.34. The zero-order valence-corrected chi connectivity index (χ0v) is 19.6. The standard InChI is InChI=1S/C32H26N2O/c1-35-28-18-16-24(17-19-28)32-22-27(34(33-32)26-12-6-3-7-13-26)20-25-21-31(23-10-4-2-5-11-23)30-15-9-8-14-29(25)30/h2-19,21-22,25H,20H2,1H3. The second-order valence-corrected chi connectivity index (χ2v) is 8.84. The number of para-hydroxylation sites is 1. The molecule has 170 valence electrons. The Bertz CT molecular complexity index is 1480. The van der Waals surface area contributed by atoms with Gasteiger partial charge in [-0.2, -0.15) is 5.10 Å². The largest absolute Gasteiger partial charge is 0.497 e. The van der Waals surface area contributed by atoms with Crippen molar-refractivity contribution in [2.24, 2.45) is 0 Å². The van der Waals surface area contributed by atoms with Crippen molar-refractivity contribution in [2.45, 2.75) is 12.3 Å². The lowest BCUT2D eigenvalue weighted by Gasteiger charge is -2.13. The van der Waals surface area contributed by atoms with Crippen LogP contribution in [0.2, 0.25) is 0 Å². The highest BCUT2D eigenvalue weighted by Crippen LogP contribution is 2.41. The summed E-state index contributed by atoms with van der Waals surface area (Å²) in [5.74, 6) is 1.13. The van der Waals surface area contributed by atoms with Gasteiger partial charge in [-0.05, 0) is 64.7 Å². The van der Waals surface area contributed by atoms with Crippen molar-refractivity contribution < 1.29 is 4.74 Å². The summed E-state index contributed by atoms with van der Waals surface area (Å²) in [6.45, 7) is 0. The highest BCUT2D eigenvalue weighted by atomic mass is 16.5. The number of rotatable bonds is 6. The molecule has 0 saturated carbocycles. The lowest BCUT2D eigenvalue weighted by molar-refractivity contribution is 0.415. The van der Waals surface area contributed by atoms with Crippen LogP contribution < -0.4 is 4.74 Å². The van der Waals surface area contributed by atoms with Gasteiger partial charge in [0.15, 0.2) is 0 Å². The fourth-order valence-electron chi connectivity index (χ4n) is 4.97. The lowest BCUT2D eigenvalue weighted by Crippen LogP contribution is -2.06. The van der Waals surface area contributed by atoms with Crippen molar-refractivity contribution in [3.05, 3.63) is 144 Å². The minimum Gasteiger partial charge on any atom is -0.497 e. The first kappa shape index (κ1) is 21.2. The van der Waals surface area contributed by atoms with E-state index in [9.17, 15) is 0 Å². The molecule has 1 atom stereocenters. The summed E-state index contributed by atoms with van der Waals surface area (Å²) in [6.07, 6.45) is 3.29. The molecule has 0 spiro atoms. The first-order valence-electron chi connectivity index (χ1n) is 12.0. The van der Waals surface area contributed by atoms with Crippen molar-refractivity contribution in [2.75, 3.05) is 7.11 Å². The second kappa shape index (κ2) is 9.11. The summed E-state index contributed by atoms with van der Waals surface area (Å²) in [5.41, 5.74) is 9.57. The maximum atomic E-state index is 5.34. The molecule has 3 nitrogen and oxygen atoms in total. The van der Waals surface area contributed by atoms with E-state index in [1.807, 2.05) is 18.2 Å². The van der Waals surface area contributed by atoms with Gasteiger partial charge in [-0.1, -0.05) is 78.9 Å². The van der Waals surface area contributed by atoms with Crippen molar-refractivity contribution >= 4 is 5.57 Å². The number of benzene rings is 4. The number of methoxy groups -OCH3 is 1. The summed E-state index contributed by atoms with van der Waals surface area (Å²) < 4.78 is 7.43. The van der Waals surface area contributed by atoms with Gasteiger partial charge in [-0.3, -0.25) is 0 Å². The number of aromatic nitrogens is 2. The van der Waals surface area contributed by atoms with Crippen molar-refractivity contribution in [3.8, 4) is 22.7 Å². The lowest BCUT2D eigenvalue weighted by atomic mass is 9.95. The third-order valence-corrected chi connectivity index (χ3v) is 6.70. The van der Waals surface area contributed by atoms with Crippen molar-refractivity contribution in [3.63, 3.8) is 0 Å². The van der Waals surface area contributed by atoms with Crippen LogP contribution in [0.15, 0.2) is 121 Å². The molecular formula is C32H26N2O. The molecule has 0 bridgehead atoms. The zero-order chi connectivity index (χ0) is 23.6. The fourth-order valence-corrected chi connectivity index (χ4v) is 4.97. The fraction of sp³-hybridized carbons (Fsp3) is 0.0938. The van der Waals surface area contributed by atoms with Crippen LogP contribution in [-0.2, 0) is 6.42 Å². The normalized spacial score (nSPS) is 14.4. The van der Waals surface area contributed by atoms with Gasteiger partial charge in [0.25, 0.3) is 0 Å².